The Kier molecular flexibility index (Phi) is 4.81. The van der Waals surface area contributed by atoms with E-state index in [1.807, 2.05) is 23.0 Å². The van der Waals surface area contributed by atoms with Crippen molar-refractivity contribution in [3.05, 3.63) is 56.8 Å². The highest BCUT2D eigenvalue weighted by Crippen LogP contribution is 2.19. The summed E-state index contributed by atoms with van der Waals surface area (Å²) in [5.41, 5.74) is 5.45. The molecular formula is C17H13N3OS2. The molecule has 0 bridgehead atoms. The molecule has 0 spiro atoms. The van der Waals surface area contributed by atoms with E-state index in [0.717, 1.165) is 23.2 Å². The van der Waals surface area contributed by atoms with Crippen LogP contribution in [0.2, 0.25) is 0 Å². The van der Waals surface area contributed by atoms with Crippen molar-refractivity contribution in [2.75, 3.05) is 6.54 Å². The molecule has 0 atom stereocenters. The molecule has 0 saturated carbocycles. The van der Waals surface area contributed by atoms with Crippen LogP contribution in [0.15, 0.2) is 40.5 Å². The summed E-state index contributed by atoms with van der Waals surface area (Å²) in [7, 11) is 0. The molecule has 6 heteroatoms. The zero-order valence-electron chi connectivity index (χ0n) is 12.2. The Hall–Kier alpha value is -2.49. The second-order valence-corrected chi connectivity index (χ2v) is 6.34. The highest BCUT2D eigenvalue weighted by Gasteiger charge is 2.09. The van der Waals surface area contributed by atoms with Gasteiger partial charge in [-0.05, 0) is 17.9 Å². The summed E-state index contributed by atoms with van der Waals surface area (Å²) in [5.74, 6) is 2.23. The number of hydrogen-bond donors (Lipinski definition) is 1. The maximum Gasteiger partial charge on any atom is 0.270 e. The summed E-state index contributed by atoms with van der Waals surface area (Å²) < 4.78 is 0. The van der Waals surface area contributed by atoms with E-state index in [9.17, 15) is 4.79 Å². The molecule has 0 fully saturated rings. The van der Waals surface area contributed by atoms with Crippen molar-refractivity contribution in [2.24, 2.45) is 0 Å². The molecule has 2 aromatic heterocycles. The van der Waals surface area contributed by atoms with Crippen molar-refractivity contribution in [1.29, 1.82) is 0 Å². The number of terminal acetylenes is 1. The predicted octanol–water partition coefficient (Wildman–Crippen LogP) is 3.22. The Morgan fingerprint density at radius 1 is 1.26 bits per heavy atom. The average Bonchev–Trinajstić information content (AvgIpc) is 3.27. The molecule has 0 aliphatic rings. The van der Waals surface area contributed by atoms with Gasteiger partial charge in [0.2, 0.25) is 0 Å². The van der Waals surface area contributed by atoms with E-state index in [1.54, 1.807) is 16.7 Å². The lowest BCUT2D eigenvalue weighted by Crippen LogP contribution is -2.25. The van der Waals surface area contributed by atoms with Gasteiger partial charge in [0.1, 0.15) is 5.69 Å². The fraction of sp³-hybridized carbons (Fsp3) is 0.118. The number of nitrogens with one attached hydrogen (secondary N) is 1. The van der Waals surface area contributed by atoms with Crippen LogP contribution >= 0.6 is 22.7 Å². The van der Waals surface area contributed by atoms with E-state index in [4.69, 9.17) is 6.42 Å². The Morgan fingerprint density at radius 3 is 2.74 bits per heavy atom. The quantitative estimate of drug-likeness (QED) is 0.726. The van der Waals surface area contributed by atoms with Gasteiger partial charge in [0.25, 0.3) is 5.91 Å². The summed E-state index contributed by atoms with van der Waals surface area (Å²) in [4.78, 5) is 20.3. The van der Waals surface area contributed by atoms with E-state index in [-0.39, 0.29) is 5.91 Å². The first-order valence-corrected chi connectivity index (χ1v) is 8.76. The largest absolute Gasteiger partial charge is 0.350 e. The van der Waals surface area contributed by atoms with Crippen molar-refractivity contribution >= 4 is 28.6 Å². The highest BCUT2D eigenvalue weighted by molar-refractivity contribution is 7.10. The summed E-state index contributed by atoms with van der Waals surface area (Å²) in [5, 5.41) is 7.07. The molecule has 4 nitrogen and oxygen atoms in total. The topological polar surface area (TPSA) is 54.9 Å². The smallest absolute Gasteiger partial charge is 0.270 e. The van der Waals surface area contributed by atoms with Crippen LogP contribution < -0.4 is 5.32 Å². The standard InChI is InChI=1S/C17H13N3OS2/c1-2-16-20-15(10-23-16)17(21)18-8-7-12-3-5-13(6-4-12)14-9-22-11-19-14/h1,3-6,9-11H,7-8H2,(H,18,21). The lowest BCUT2D eigenvalue weighted by atomic mass is 10.1. The van der Waals surface area contributed by atoms with Gasteiger partial charge in [0, 0.05) is 22.9 Å². The minimum absolute atomic E-state index is 0.193. The summed E-state index contributed by atoms with van der Waals surface area (Å²) in [6.07, 6.45) is 6.01. The highest BCUT2D eigenvalue weighted by atomic mass is 32.1. The number of thiazole rings is 2. The molecule has 3 aromatic rings. The van der Waals surface area contributed by atoms with Gasteiger partial charge in [-0.25, -0.2) is 9.97 Å². The van der Waals surface area contributed by atoms with E-state index >= 15 is 0 Å². The Labute approximate surface area is 142 Å². The zero-order chi connectivity index (χ0) is 16.1. The molecule has 1 aromatic carbocycles. The van der Waals surface area contributed by atoms with Gasteiger partial charge in [0.15, 0.2) is 5.01 Å². The summed E-state index contributed by atoms with van der Waals surface area (Å²) >= 11 is 2.88. The number of amides is 1. The molecule has 1 amide bonds. The molecular weight excluding hydrogens is 326 g/mol. The Balaban J connectivity index is 1.52. The molecule has 0 unspecified atom stereocenters. The van der Waals surface area contributed by atoms with Crippen LogP contribution in [0.1, 0.15) is 21.1 Å². The minimum atomic E-state index is -0.193. The van der Waals surface area contributed by atoms with Crippen LogP contribution in [0.3, 0.4) is 0 Å². The van der Waals surface area contributed by atoms with Crippen molar-refractivity contribution in [2.45, 2.75) is 6.42 Å². The minimum Gasteiger partial charge on any atom is -0.350 e. The van der Waals surface area contributed by atoms with E-state index in [1.165, 1.54) is 11.3 Å². The molecule has 23 heavy (non-hydrogen) atoms. The normalized spacial score (nSPS) is 10.2. The van der Waals surface area contributed by atoms with Crippen LogP contribution in [0.25, 0.3) is 11.3 Å². The second-order valence-electron chi connectivity index (χ2n) is 4.76. The molecule has 1 N–H and O–H groups in total. The van der Waals surface area contributed by atoms with Gasteiger partial charge < -0.3 is 5.32 Å². The SMILES string of the molecule is C#Cc1nc(C(=O)NCCc2ccc(-c3cscn3)cc2)cs1. The average molecular weight is 339 g/mol. The molecule has 0 aliphatic carbocycles. The first kappa shape index (κ1) is 15.4. The van der Waals surface area contributed by atoms with Gasteiger partial charge in [-0.2, -0.15) is 0 Å². The van der Waals surface area contributed by atoms with E-state index in [0.29, 0.717) is 17.2 Å². The summed E-state index contributed by atoms with van der Waals surface area (Å²) in [6, 6.07) is 8.21. The zero-order valence-corrected chi connectivity index (χ0v) is 13.8. The number of aromatic nitrogens is 2. The predicted molar refractivity (Wildman–Crippen MR) is 93.6 cm³/mol. The van der Waals surface area contributed by atoms with Crippen LogP contribution in [-0.2, 0) is 6.42 Å². The molecule has 0 aliphatic heterocycles. The van der Waals surface area contributed by atoms with Crippen molar-refractivity contribution in [3.8, 4) is 23.6 Å². The third-order valence-corrected chi connectivity index (χ3v) is 4.60. The van der Waals surface area contributed by atoms with Crippen molar-refractivity contribution in [1.82, 2.24) is 15.3 Å². The van der Waals surface area contributed by atoms with Crippen LogP contribution in [0.4, 0.5) is 0 Å². The van der Waals surface area contributed by atoms with Gasteiger partial charge >= 0.3 is 0 Å². The Morgan fingerprint density at radius 2 is 2.09 bits per heavy atom. The fourth-order valence-corrected chi connectivity index (χ4v) is 3.22. The van der Waals surface area contributed by atoms with Crippen LogP contribution in [0, 0.1) is 12.3 Å². The summed E-state index contributed by atoms with van der Waals surface area (Å²) in [6.45, 7) is 0.553. The molecule has 114 valence electrons. The molecule has 3 rings (SSSR count). The second kappa shape index (κ2) is 7.18. The first-order valence-electron chi connectivity index (χ1n) is 6.94. The maximum atomic E-state index is 11.9. The lowest BCUT2D eigenvalue weighted by molar-refractivity contribution is 0.0950. The third-order valence-electron chi connectivity index (χ3n) is 3.24. The van der Waals surface area contributed by atoms with Crippen LogP contribution in [0.5, 0.6) is 0 Å². The van der Waals surface area contributed by atoms with Crippen molar-refractivity contribution in [3.63, 3.8) is 0 Å². The van der Waals surface area contributed by atoms with Gasteiger partial charge in [-0.3, -0.25) is 4.79 Å². The molecule has 2 heterocycles. The van der Waals surface area contributed by atoms with Crippen LogP contribution in [-0.4, -0.2) is 22.4 Å². The lowest BCUT2D eigenvalue weighted by Gasteiger charge is -2.04. The maximum absolute atomic E-state index is 11.9. The van der Waals surface area contributed by atoms with Gasteiger partial charge in [0.05, 0.1) is 11.2 Å². The number of carbonyl (C=O) groups is 1. The van der Waals surface area contributed by atoms with Crippen molar-refractivity contribution < 1.29 is 4.79 Å². The number of hydrogen-bond acceptors (Lipinski definition) is 5. The number of nitrogens with zero attached hydrogens (tertiary/aromatic N) is 2. The Bertz CT molecular complexity index is 830. The molecule has 0 saturated heterocycles. The fourth-order valence-electron chi connectivity index (χ4n) is 2.05. The number of benzene rings is 1. The van der Waals surface area contributed by atoms with E-state index in [2.05, 4.69) is 33.3 Å². The number of carbonyl (C=O) groups excluding carboxylic acids is 1. The van der Waals surface area contributed by atoms with Gasteiger partial charge in [-0.1, -0.05) is 24.3 Å². The first-order chi connectivity index (χ1) is 11.3. The van der Waals surface area contributed by atoms with E-state index < -0.39 is 0 Å². The van der Waals surface area contributed by atoms with Gasteiger partial charge in [-0.15, -0.1) is 29.1 Å². The third kappa shape index (κ3) is 3.83. The number of rotatable bonds is 5. The molecule has 0 radical (unpaired) electrons. The monoisotopic (exact) mass is 339 g/mol.